The Hall–Kier alpha value is -2.81. The molecule has 3 rings (SSSR count). The molecule has 0 spiro atoms. The van der Waals surface area contributed by atoms with Gasteiger partial charge in [0.2, 0.25) is 0 Å². The van der Waals surface area contributed by atoms with Gasteiger partial charge in [-0.05, 0) is 22.4 Å². The van der Waals surface area contributed by atoms with Gasteiger partial charge in [0.1, 0.15) is 5.75 Å². The Kier molecular flexibility index (Phi) is 4.35. The highest BCUT2D eigenvalue weighted by atomic mass is 16.5. The number of methoxy groups -OCH3 is 1. The summed E-state index contributed by atoms with van der Waals surface area (Å²) in [5, 5.41) is 6.65. The van der Waals surface area contributed by atoms with Crippen molar-refractivity contribution in [1.82, 2.24) is 5.43 Å². The predicted molar refractivity (Wildman–Crippen MR) is 91.4 cm³/mol. The van der Waals surface area contributed by atoms with Crippen LogP contribution in [0.3, 0.4) is 0 Å². The minimum atomic E-state index is 0.699. The summed E-state index contributed by atoms with van der Waals surface area (Å²) < 4.78 is 5.45. The maximum absolute atomic E-state index is 5.45. The van der Waals surface area contributed by atoms with E-state index in [0.29, 0.717) is 6.54 Å². The molecule has 0 bridgehead atoms. The van der Waals surface area contributed by atoms with E-state index >= 15 is 0 Å². The Morgan fingerprint density at radius 3 is 2.55 bits per heavy atom. The van der Waals surface area contributed by atoms with E-state index in [2.05, 4.69) is 40.9 Å². The zero-order valence-electron chi connectivity index (χ0n) is 12.5. The highest BCUT2D eigenvalue weighted by Gasteiger charge is 2.05. The van der Waals surface area contributed by atoms with Crippen molar-refractivity contribution in [2.45, 2.75) is 6.54 Å². The van der Waals surface area contributed by atoms with E-state index < -0.39 is 0 Å². The van der Waals surface area contributed by atoms with Gasteiger partial charge < -0.3 is 10.2 Å². The molecule has 22 heavy (non-hydrogen) atoms. The van der Waals surface area contributed by atoms with Crippen LogP contribution in [0.1, 0.15) is 11.1 Å². The molecule has 0 atom stereocenters. The second-order valence-corrected chi connectivity index (χ2v) is 4.98. The molecule has 0 fully saturated rings. The van der Waals surface area contributed by atoms with Crippen LogP contribution >= 0.6 is 0 Å². The lowest BCUT2D eigenvalue weighted by Gasteiger charge is -2.08. The van der Waals surface area contributed by atoms with Gasteiger partial charge in [0.15, 0.2) is 0 Å². The minimum absolute atomic E-state index is 0.699. The van der Waals surface area contributed by atoms with E-state index in [1.807, 2.05) is 42.6 Å². The molecule has 3 aromatic rings. The number of rotatable bonds is 5. The Balaban J connectivity index is 1.81. The Labute approximate surface area is 130 Å². The van der Waals surface area contributed by atoms with Gasteiger partial charge in [0.25, 0.3) is 0 Å². The third-order valence-electron chi connectivity index (χ3n) is 3.56. The molecule has 1 N–H and O–H groups in total. The first-order valence-corrected chi connectivity index (χ1v) is 7.24. The molecular weight excluding hydrogens is 272 g/mol. The van der Waals surface area contributed by atoms with Crippen LogP contribution in [0.15, 0.2) is 71.8 Å². The van der Waals surface area contributed by atoms with Gasteiger partial charge in [0.05, 0.1) is 19.9 Å². The smallest absolute Gasteiger partial charge is 0.128 e. The topological polar surface area (TPSA) is 33.6 Å². The fourth-order valence-corrected chi connectivity index (χ4v) is 2.43. The maximum atomic E-state index is 5.45. The lowest BCUT2D eigenvalue weighted by molar-refractivity contribution is 0.415. The number of hydrazone groups is 1. The normalized spacial score (nSPS) is 11.0. The van der Waals surface area contributed by atoms with E-state index in [1.165, 1.54) is 10.9 Å². The van der Waals surface area contributed by atoms with Gasteiger partial charge in [-0.2, -0.15) is 5.10 Å². The van der Waals surface area contributed by atoms with Crippen molar-refractivity contribution in [3.63, 3.8) is 0 Å². The Morgan fingerprint density at radius 2 is 1.73 bits per heavy atom. The molecule has 0 saturated carbocycles. The summed E-state index contributed by atoms with van der Waals surface area (Å²) >= 11 is 0. The van der Waals surface area contributed by atoms with Crippen LogP contribution in [0, 0.1) is 0 Å². The SMILES string of the molecule is COc1ccc2ccccc2c1C=NNCc1ccccc1. The largest absolute Gasteiger partial charge is 0.496 e. The highest BCUT2D eigenvalue weighted by Crippen LogP contribution is 2.26. The molecule has 110 valence electrons. The van der Waals surface area contributed by atoms with Crippen LogP contribution in [-0.4, -0.2) is 13.3 Å². The molecule has 0 saturated heterocycles. The average Bonchev–Trinajstić information content (AvgIpc) is 2.59. The summed E-state index contributed by atoms with van der Waals surface area (Å²) in [5.41, 5.74) is 5.27. The monoisotopic (exact) mass is 290 g/mol. The third-order valence-corrected chi connectivity index (χ3v) is 3.56. The van der Waals surface area contributed by atoms with Crippen molar-refractivity contribution in [3.05, 3.63) is 77.9 Å². The van der Waals surface area contributed by atoms with Crippen LogP contribution in [0.2, 0.25) is 0 Å². The summed E-state index contributed by atoms with van der Waals surface area (Å²) in [5.74, 6) is 0.823. The molecule has 0 unspecified atom stereocenters. The second kappa shape index (κ2) is 6.76. The summed E-state index contributed by atoms with van der Waals surface area (Å²) in [6.07, 6.45) is 1.82. The fourth-order valence-electron chi connectivity index (χ4n) is 2.43. The molecule has 3 nitrogen and oxygen atoms in total. The molecular formula is C19H18N2O. The van der Waals surface area contributed by atoms with Crippen molar-refractivity contribution in [1.29, 1.82) is 0 Å². The highest BCUT2D eigenvalue weighted by molar-refractivity contribution is 6.02. The predicted octanol–water partition coefficient (Wildman–Crippen LogP) is 3.97. The lowest BCUT2D eigenvalue weighted by Crippen LogP contribution is -2.05. The third kappa shape index (κ3) is 3.09. The van der Waals surface area contributed by atoms with E-state index in [1.54, 1.807) is 7.11 Å². The number of nitrogens with zero attached hydrogens (tertiary/aromatic N) is 1. The van der Waals surface area contributed by atoms with Crippen LogP contribution < -0.4 is 10.2 Å². The zero-order chi connectivity index (χ0) is 15.2. The summed E-state index contributed by atoms with van der Waals surface area (Å²) in [7, 11) is 1.68. The molecule has 0 heterocycles. The number of benzene rings is 3. The number of hydrogen-bond acceptors (Lipinski definition) is 3. The van der Waals surface area contributed by atoms with E-state index in [-0.39, 0.29) is 0 Å². The molecule has 0 aliphatic heterocycles. The van der Waals surface area contributed by atoms with Gasteiger partial charge in [0, 0.05) is 5.56 Å². The number of hydrogen-bond donors (Lipinski definition) is 1. The molecule has 0 aromatic heterocycles. The van der Waals surface area contributed by atoms with Gasteiger partial charge in [-0.3, -0.25) is 0 Å². The molecule has 0 amide bonds. The number of fused-ring (bicyclic) bond motifs is 1. The molecule has 0 aliphatic carbocycles. The van der Waals surface area contributed by atoms with Gasteiger partial charge in [-0.15, -0.1) is 0 Å². The first kappa shape index (κ1) is 14.1. The van der Waals surface area contributed by atoms with Gasteiger partial charge in [-0.1, -0.05) is 60.7 Å². The lowest BCUT2D eigenvalue weighted by atomic mass is 10.0. The van der Waals surface area contributed by atoms with Crippen molar-refractivity contribution in [2.75, 3.05) is 7.11 Å². The minimum Gasteiger partial charge on any atom is -0.496 e. The summed E-state index contributed by atoms with van der Waals surface area (Å²) in [6.45, 7) is 0.699. The zero-order valence-corrected chi connectivity index (χ0v) is 12.5. The van der Waals surface area contributed by atoms with Crippen LogP contribution in [0.4, 0.5) is 0 Å². The Morgan fingerprint density at radius 1 is 0.955 bits per heavy atom. The van der Waals surface area contributed by atoms with Crippen LogP contribution in [-0.2, 0) is 6.54 Å². The first-order chi connectivity index (χ1) is 10.9. The quantitative estimate of drug-likeness (QED) is 0.570. The molecule has 0 aliphatic rings. The second-order valence-electron chi connectivity index (χ2n) is 4.98. The van der Waals surface area contributed by atoms with Crippen molar-refractivity contribution in [3.8, 4) is 5.75 Å². The Bertz CT molecular complexity index is 782. The maximum Gasteiger partial charge on any atom is 0.128 e. The summed E-state index contributed by atoms with van der Waals surface area (Å²) in [4.78, 5) is 0. The van der Waals surface area contributed by atoms with Crippen LogP contribution in [0.25, 0.3) is 10.8 Å². The standard InChI is InChI=1S/C19H18N2O/c1-22-19-12-11-16-9-5-6-10-17(16)18(19)14-21-20-13-15-7-3-2-4-8-15/h2-12,14,20H,13H2,1H3. The average molecular weight is 290 g/mol. The van der Waals surface area contributed by atoms with Crippen LogP contribution in [0.5, 0.6) is 5.75 Å². The van der Waals surface area contributed by atoms with E-state index in [4.69, 9.17) is 4.74 Å². The van der Waals surface area contributed by atoms with E-state index in [9.17, 15) is 0 Å². The molecule has 3 heteroatoms. The van der Waals surface area contributed by atoms with E-state index in [0.717, 1.165) is 16.7 Å². The molecule has 0 radical (unpaired) electrons. The first-order valence-electron chi connectivity index (χ1n) is 7.24. The summed E-state index contributed by atoms with van der Waals surface area (Å²) in [6, 6.07) is 22.4. The van der Waals surface area contributed by atoms with Gasteiger partial charge in [-0.25, -0.2) is 0 Å². The number of ether oxygens (including phenoxy) is 1. The van der Waals surface area contributed by atoms with Crippen molar-refractivity contribution < 1.29 is 4.74 Å². The van der Waals surface area contributed by atoms with Gasteiger partial charge >= 0.3 is 0 Å². The van der Waals surface area contributed by atoms with Crippen molar-refractivity contribution in [2.24, 2.45) is 5.10 Å². The van der Waals surface area contributed by atoms with Crippen molar-refractivity contribution >= 4 is 17.0 Å². The number of nitrogens with one attached hydrogen (secondary N) is 1. The fraction of sp³-hybridized carbons (Fsp3) is 0.105. The molecule has 3 aromatic carbocycles.